The van der Waals surface area contributed by atoms with E-state index in [0.717, 1.165) is 44.5 Å². The largest absolute Gasteiger partial charge is 0.452 e. The van der Waals surface area contributed by atoms with Crippen LogP contribution in [0.1, 0.15) is 0 Å². The van der Waals surface area contributed by atoms with Crippen LogP contribution in [0.3, 0.4) is 0 Å². The van der Waals surface area contributed by atoms with E-state index < -0.39 is 0 Å². The summed E-state index contributed by atoms with van der Waals surface area (Å²) in [5.41, 5.74) is 8.65. The standard InChI is InChI=1S/C40H23N3OS/c1-2-11-25(12-3-1)43-32-18-7-4-13-26(32)31-23-24(21-22-33(31)43)40-41-36-29-15-5-8-19-34(29)44-38(36)37(42-40)30-17-10-16-28-27-14-6-9-20-35(27)45-39(28)30/h1-23H. The van der Waals surface area contributed by atoms with Crippen LogP contribution in [0, 0.1) is 0 Å². The average molecular weight is 594 g/mol. The lowest BCUT2D eigenvalue weighted by molar-refractivity contribution is 0.667. The van der Waals surface area contributed by atoms with Crippen molar-refractivity contribution < 1.29 is 4.42 Å². The van der Waals surface area contributed by atoms with Gasteiger partial charge in [0.25, 0.3) is 0 Å². The molecule has 0 aliphatic heterocycles. The number of fused-ring (bicyclic) bond motifs is 9. The fourth-order valence-electron chi connectivity index (χ4n) is 6.80. The fraction of sp³-hybridized carbons (Fsp3) is 0. The van der Waals surface area contributed by atoms with E-state index in [4.69, 9.17) is 14.4 Å². The predicted octanol–water partition coefficient (Wildman–Crippen LogP) is 11.2. The van der Waals surface area contributed by atoms with E-state index in [1.807, 2.05) is 18.2 Å². The number of rotatable bonds is 3. The molecule has 4 heterocycles. The van der Waals surface area contributed by atoms with Gasteiger partial charge in [0.15, 0.2) is 11.4 Å². The van der Waals surface area contributed by atoms with Crippen molar-refractivity contribution >= 4 is 75.4 Å². The normalized spacial score (nSPS) is 12.0. The van der Waals surface area contributed by atoms with Crippen LogP contribution in [0.5, 0.6) is 0 Å². The lowest BCUT2D eigenvalue weighted by atomic mass is 10.0. The molecule has 0 aliphatic rings. The van der Waals surface area contributed by atoms with Gasteiger partial charge < -0.3 is 8.98 Å². The molecule has 6 aromatic carbocycles. The third-order valence-corrected chi connectivity index (χ3v) is 10.0. The maximum absolute atomic E-state index is 6.51. The van der Waals surface area contributed by atoms with Crippen LogP contribution >= 0.6 is 11.3 Å². The van der Waals surface area contributed by atoms with E-state index in [0.29, 0.717) is 11.4 Å². The smallest absolute Gasteiger partial charge is 0.180 e. The SMILES string of the molecule is c1ccc(-n2c3ccccc3c3cc(-c4nc(-c5cccc6c5sc5ccccc56)c5oc6ccccc6c5n4)ccc32)cc1. The molecular weight excluding hydrogens is 571 g/mol. The Hall–Kier alpha value is -5.78. The molecule has 0 unspecified atom stereocenters. The molecule has 0 bridgehead atoms. The van der Waals surface area contributed by atoms with Crippen molar-refractivity contribution in [2.75, 3.05) is 0 Å². The second-order valence-electron chi connectivity index (χ2n) is 11.4. The van der Waals surface area contributed by atoms with Crippen molar-refractivity contribution in [3.63, 3.8) is 0 Å². The van der Waals surface area contributed by atoms with Crippen LogP contribution in [0.25, 0.3) is 92.4 Å². The van der Waals surface area contributed by atoms with Gasteiger partial charge in [0, 0.05) is 53.1 Å². The lowest BCUT2D eigenvalue weighted by Gasteiger charge is -2.09. The van der Waals surface area contributed by atoms with Gasteiger partial charge in [-0.1, -0.05) is 84.9 Å². The van der Waals surface area contributed by atoms with Crippen LogP contribution in [0.2, 0.25) is 0 Å². The summed E-state index contributed by atoms with van der Waals surface area (Å²) in [7, 11) is 0. The molecule has 45 heavy (non-hydrogen) atoms. The molecule has 5 heteroatoms. The first-order valence-electron chi connectivity index (χ1n) is 15.0. The highest BCUT2D eigenvalue weighted by molar-refractivity contribution is 7.26. The maximum atomic E-state index is 6.51. The van der Waals surface area contributed by atoms with E-state index in [1.54, 1.807) is 11.3 Å². The van der Waals surface area contributed by atoms with Crippen molar-refractivity contribution in [3.8, 4) is 28.3 Å². The van der Waals surface area contributed by atoms with Crippen molar-refractivity contribution in [1.82, 2.24) is 14.5 Å². The van der Waals surface area contributed by atoms with Gasteiger partial charge in [0.2, 0.25) is 0 Å². The molecule has 10 rings (SSSR count). The second-order valence-corrected chi connectivity index (χ2v) is 12.4. The zero-order valence-electron chi connectivity index (χ0n) is 23.9. The Balaban J connectivity index is 1.27. The van der Waals surface area contributed by atoms with Gasteiger partial charge in [-0.05, 0) is 54.6 Å². The molecule has 0 radical (unpaired) electrons. The van der Waals surface area contributed by atoms with Gasteiger partial charge in [0.1, 0.15) is 16.8 Å². The van der Waals surface area contributed by atoms with Gasteiger partial charge in [0.05, 0.1) is 11.0 Å². The summed E-state index contributed by atoms with van der Waals surface area (Å²) >= 11 is 1.80. The summed E-state index contributed by atoms with van der Waals surface area (Å²) in [6, 6.07) is 48.9. The zero-order chi connectivity index (χ0) is 29.5. The fourth-order valence-corrected chi connectivity index (χ4v) is 8.02. The molecule has 4 aromatic heterocycles. The van der Waals surface area contributed by atoms with Gasteiger partial charge in [-0.3, -0.25) is 0 Å². The molecule has 0 spiro atoms. The third-order valence-electron chi connectivity index (χ3n) is 8.82. The molecule has 0 saturated heterocycles. The van der Waals surface area contributed by atoms with E-state index in [9.17, 15) is 0 Å². The second kappa shape index (κ2) is 9.36. The quantitative estimate of drug-likeness (QED) is 0.205. The monoisotopic (exact) mass is 593 g/mol. The highest BCUT2D eigenvalue weighted by Gasteiger charge is 2.21. The van der Waals surface area contributed by atoms with Gasteiger partial charge in [-0.2, -0.15) is 0 Å². The van der Waals surface area contributed by atoms with Crippen LogP contribution < -0.4 is 0 Å². The first-order chi connectivity index (χ1) is 22.3. The summed E-state index contributed by atoms with van der Waals surface area (Å²) < 4.78 is 11.3. The Bertz CT molecular complexity index is 2770. The number of hydrogen-bond donors (Lipinski definition) is 0. The van der Waals surface area contributed by atoms with E-state index >= 15 is 0 Å². The number of furan rings is 1. The minimum Gasteiger partial charge on any atom is -0.452 e. The molecule has 0 amide bonds. The Kier molecular flexibility index (Phi) is 5.12. The Morgan fingerprint density at radius 2 is 1.29 bits per heavy atom. The highest BCUT2D eigenvalue weighted by Crippen LogP contribution is 2.43. The van der Waals surface area contributed by atoms with E-state index in [-0.39, 0.29) is 0 Å². The Morgan fingerprint density at radius 3 is 2.20 bits per heavy atom. The maximum Gasteiger partial charge on any atom is 0.180 e. The van der Waals surface area contributed by atoms with Crippen LogP contribution in [-0.4, -0.2) is 14.5 Å². The van der Waals surface area contributed by atoms with Gasteiger partial charge >= 0.3 is 0 Å². The third kappa shape index (κ3) is 3.59. The molecule has 0 saturated carbocycles. The van der Waals surface area contributed by atoms with Crippen LogP contribution in [0.4, 0.5) is 0 Å². The zero-order valence-corrected chi connectivity index (χ0v) is 24.8. The van der Waals surface area contributed by atoms with E-state index in [2.05, 4.69) is 126 Å². The van der Waals surface area contributed by atoms with Gasteiger partial charge in [-0.15, -0.1) is 11.3 Å². The first kappa shape index (κ1) is 24.6. The summed E-state index contributed by atoms with van der Waals surface area (Å²) in [6.07, 6.45) is 0. The number of para-hydroxylation sites is 3. The number of hydrogen-bond acceptors (Lipinski definition) is 4. The minimum atomic E-state index is 0.681. The minimum absolute atomic E-state index is 0.681. The number of benzene rings is 6. The molecule has 210 valence electrons. The van der Waals surface area contributed by atoms with Crippen molar-refractivity contribution in [1.29, 1.82) is 0 Å². The van der Waals surface area contributed by atoms with Crippen LogP contribution in [0.15, 0.2) is 144 Å². The summed E-state index contributed by atoms with van der Waals surface area (Å²) in [5.74, 6) is 0.681. The molecule has 0 N–H and O–H groups in total. The summed E-state index contributed by atoms with van der Waals surface area (Å²) in [6.45, 7) is 0. The topological polar surface area (TPSA) is 43.9 Å². The van der Waals surface area contributed by atoms with Crippen molar-refractivity contribution in [2.45, 2.75) is 0 Å². The summed E-state index contributed by atoms with van der Waals surface area (Å²) in [5, 5.41) is 5.84. The molecule has 4 nitrogen and oxygen atoms in total. The number of thiophene rings is 1. The summed E-state index contributed by atoms with van der Waals surface area (Å²) in [4.78, 5) is 10.5. The predicted molar refractivity (Wildman–Crippen MR) is 187 cm³/mol. The van der Waals surface area contributed by atoms with Crippen LogP contribution in [-0.2, 0) is 0 Å². The molecule has 0 aliphatic carbocycles. The van der Waals surface area contributed by atoms with E-state index in [1.165, 1.54) is 36.5 Å². The van der Waals surface area contributed by atoms with Crippen molar-refractivity contribution in [2.24, 2.45) is 0 Å². The number of nitrogens with zero attached hydrogens (tertiary/aromatic N) is 3. The molecule has 0 atom stereocenters. The van der Waals surface area contributed by atoms with Crippen molar-refractivity contribution in [3.05, 3.63) is 140 Å². The lowest BCUT2D eigenvalue weighted by Crippen LogP contribution is -1.95. The van der Waals surface area contributed by atoms with Gasteiger partial charge in [-0.25, -0.2) is 9.97 Å². The molecule has 0 fully saturated rings. The molecule has 10 aromatic rings. The average Bonchev–Trinajstić information content (AvgIpc) is 3.77. The Morgan fingerprint density at radius 1 is 0.556 bits per heavy atom. The highest BCUT2D eigenvalue weighted by atomic mass is 32.1. The first-order valence-corrected chi connectivity index (χ1v) is 15.8. The number of aromatic nitrogens is 3. The Labute approximate surface area is 261 Å². The molecular formula is C40H23N3OS.